The lowest BCUT2D eigenvalue weighted by molar-refractivity contribution is 0.239. The number of pyridine rings is 2. The third-order valence-electron chi connectivity index (χ3n) is 4.16. The van der Waals surface area contributed by atoms with Crippen LogP contribution in [0.15, 0.2) is 49.1 Å². The predicted molar refractivity (Wildman–Crippen MR) is 87.3 cm³/mol. The molecule has 0 fully saturated rings. The summed E-state index contributed by atoms with van der Waals surface area (Å²) in [5.41, 5.74) is 3.69. The second kappa shape index (κ2) is 6.41. The Hall–Kier alpha value is -2.73. The number of rotatable bonds is 3. The fourth-order valence-corrected chi connectivity index (χ4v) is 2.92. The topological polar surface area (TPSA) is 54.8 Å². The maximum absolute atomic E-state index is 13.7. The van der Waals surface area contributed by atoms with Crippen molar-refractivity contribution in [2.24, 2.45) is 0 Å². The van der Waals surface area contributed by atoms with Crippen LogP contribution in [0.2, 0.25) is 0 Å². The first kappa shape index (κ1) is 14.8. The van der Waals surface area contributed by atoms with Crippen molar-refractivity contribution >= 4 is 0 Å². The van der Waals surface area contributed by atoms with Crippen LogP contribution in [0.1, 0.15) is 16.8 Å². The molecule has 0 spiro atoms. The third kappa shape index (κ3) is 3.00. The highest BCUT2D eigenvalue weighted by Gasteiger charge is 2.20. The Morgan fingerprint density at radius 1 is 1.08 bits per heavy atom. The van der Waals surface area contributed by atoms with E-state index in [1.165, 1.54) is 6.20 Å². The van der Waals surface area contributed by atoms with Crippen LogP contribution in [-0.4, -0.2) is 31.4 Å². The van der Waals surface area contributed by atoms with Gasteiger partial charge in [0.05, 0.1) is 5.69 Å². The van der Waals surface area contributed by atoms with Gasteiger partial charge in [-0.3, -0.25) is 9.88 Å². The molecule has 4 heterocycles. The van der Waals surface area contributed by atoms with Crippen molar-refractivity contribution in [3.63, 3.8) is 0 Å². The highest BCUT2D eigenvalue weighted by atomic mass is 19.1. The summed E-state index contributed by atoms with van der Waals surface area (Å²) in [4.78, 5) is 19.1. The van der Waals surface area contributed by atoms with Crippen molar-refractivity contribution < 1.29 is 4.39 Å². The Morgan fingerprint density at radius 2 is 2.00 bits per heavy atom. The molecule has 0 aliphatic carbocycles. The molecule has 1 aliphatic rings. The zero-order valence-corrected chi connectivity index (χ0v) is 13.1. The van der Waals surface area contributed by atoms with Crippen molar-refractivity contribution in [3.8, 4) is 11.4 Å². The lowest BCUT2D eigenvalue weighted by Crippen LogP contribution is -2.31. The van der Waals surface area contributed by atoms with E-state index in [-0.39, 0.29) is 0 Å². The number of nitrogens with zero attached hydrogens (tertiary/aromatic N) is 5. The van der Waals surface area contributed by atoms with Gasteiger partial charge in [-0.2, -0.15) is 4.39 Å². The van der Waals surface area contributed by atoms with Crippen LogP contribution >= 0.6 is 0 Å². The Kier molecular flexibility index (Phi) is 3.96. The summed E-state index contributed by atoms with van der Waals surface area (Å²) in [6.45, 7) is 2.10. The Morgan fingerprint density at radius 3 is 2.83 bits per heavy atom. The fourth-order valence-electron chi connectivity index (χ4n) is 2.92. The molecule has 0 amide bonds. The van der Waals surface area contributed by atoms with Crippen molar-refractivity contribution in [3.05, 3.63) is 71.8 Å². The zero-order chi connectivity index (χ0) is 16.4. The summed E-state index contributed by atoms with van der Waals surface area (Å²) in [5.74, 6) is 0.306. The normalized spacial score (nSPS) is 14.4. The molecule has 0 saturated heterocycles. The van der Waals surface area contributed by atoms with Crippen LogP contribution < -0.4 is 0 Å². The summed E-state index contributed by atoms with van der Waals surface area (Å²) in [6.07, 6.45) is 7.67. The number of halogens is 1. The second-order valence-corrected chi connectivity index (χ2v) is 5.82. The molecule has 3 aromatic rings. The summed E-state index contributed by atoms with van der Waals surface area (Å²) in [7, 11) is 0. The van der Waals surface area contributed by atoms with Crippen LogP contribution in [-0.2, 0) is 19.5 Å². The van der Waals surface area contributed by atoms with Crippen LogP contribution in [0, 0.1) is 5.95 Å². The quantitative estimate of drug-likeness (QED) is 0.694. The first-order valence-electron chi connectivity index (χ1n) is 7.86. The Bertz CT molecular complexity index is 853. The highest BCUT2D eigenvalue weighted by Crippen LogP contribution is 2.22. The maximum Gasteiger partial charge on any atom is 0.217 e. The van der Waals surface area contributed by atoms with Gasteiger partial charge in [0, 0.05) is 67.5 Å². The van der Waals surface area contributed by atoms with E-state index < -0.39 is 5.95 Å². The van der Waals surface area contributed by atoms with E-state index in [9.17, 15) is 4.39 Å². The van der Waals surface area contributed by atoms with Crippen LogP contribution in [0.25, 0.3) is 11.4 Å². The van der Waals surface area contributed by atoms with Gasteiger partial charge in [0.2, 0.25) is 5.95 Å². The number of aromatic nitrogens is 4. The number of hydrogen-bond acceptors (Lipinski definition) is 5. The molecule has 24 heavy (non-hydrogen) atoms. The van der Waals surface area contributed by atoms with Gasteiger partial charge >= 0.3 is 0 Å². The van der Waals surface area contributed by atoms with E-state index in [1.54, 1.807) is 24.5 Å². The van der Waals surface area contributed by atoms with Crippen molar-refractivity contribution in [1.82, 2.24) is 24.8 Å². The molecule has 0 radical (unpaired) electrons. The van der Waals surface area contributed by atoms with Crippen LogP contribution in [0.3, 0.4) is 0 Å². The standard InChI is InChI=1S/C18H16FN5/c19-17-14(4-2-7-21-17)11-24-8-5-16-15(12-24)10-22-18(23-16)13-3-1-6-20-9-13/h1-4,6-7,9-10H,5,8,11-12H2. The maximum atomic E-state index is 13.7. The summed E-state index contributed by atoms with van der Waals surface area (Å²) in [6, 6.07) is 7.37. The molecule has 6 heteroatoms. The van der Waals surface area contributed by atoms with Gasteiger partial charge in [0.15, 0.2) is 5.82 Å². The molecule has 0 unspecified atom stereocenters. The molecule has 1 aliphatic heterocycles. The smallest absolute Gasteiger partial charge is 0.217 e. The molecule has 0 saturated carbocycles. The van der Waals surface area contributed by atoms with Crippen LogP contribution in [0.4, 0.5) is 4.39 Å². The minimum Gasteiger partial charge on any atom is -0.294 e. The Balaban J connectivity index is 1.53. The van der Waals surface area contributed by atoms with E-state index in [0.717, 1.165) is 36.3 Å². The highest BCUT2D eigenvalue weighted by molar-refractivity contribution is 5.53. The monoisotopic (exact) mass is 321 g/mol. The van der Waals surface area contributed by atoms with Gasteiger partial charge in [-0.15, -0.1) is 0 Å². The molecular formula is C18H16FN5. The molecule has 0 aromatic carbocycles. The zero-order valence-electron chi connectivity index (χ0n) is 13.1. The van der Waals surface area contributed by atoms with Gasteiger partial charge in [-0.1, -0.05) is 6.07 Å². The van der Waals surface area contributed by atoms with E-state index in [0.29, 0.717) is 17.9 Å². The van der Waals surface area contributed by atoms with Crippen molar-refractivity contribution in [1.29, 1.82) is 0 Å². The van der Waals surface area contributed by atoms with Gasteiger partial charge in [0.25, 0.3) is 0 Å². The van der Waals surface area contributed by atoms with Crippen molar-refractivity contribution in [2.45, 2.75) is 19.5 Å². The molecule has 0 bridgehead atoms. The predicted octanol–water partition coefficient (Wildman–Crippen LogP) is 2.63. The molecule has 0 N–H and O–H groups in total. The van der Waals surface area contributed by atoms with Crippen LogP contribution in [0.5, 0.6) is 0 Å². The lowest BCUT2D eigenvalue weighted by atomic mass is 10.1. The second-order valence-electron chi connectivity index (χ2n) is 5.82. The SMILES string of the molecule is Fc1ncccc1CN1CCc2nc(-c3cccnc3)ncc2C1. The first-order chi connectivity index (χ1) is 11.8. The fraction of sp³-hybridized carbons (Fsp3) is 0.222. The molecule has 5 nitrogen and oxygen atoms in total. The largest absolute Gasteiger partial charge is 0.294 e. The summed E-state index contributed by atoms with van der Waals surface area (Å²) < 4.78 is 13.7. The molecule has 0 atom stereocenters. The molecule has 3 aromatic heterocycles. The average molecular weight is 321 g/mol. The third-order valence-corrected chi connectivity index (χ3v) is 4.16. The minimum absolute atomic E-state index is 0.397. The van der Waals surface area contributed by atoms with E-state index >= 15 is 0 Å². The van der Waals surface area contributed by atoms with Gasteiger partial charge in [-0.05, 0) is 18.2 Å². The first-order valence-corrected chi connectivity index (χ1v) is 7.86. The van der Waals surface area contributed by atoms with E-state index in [4.69, 9.17) is 0 Å². The summed E-state index contributed by atoms with van der Waals surface area (Å²) >= 11 is 0. The molecule has 120 valence electrons. The van der Waals surface area contributed by atoms with Gasteiger partial charge in [0.1, 0.15) is 0 Å². The molecule has 4 rings (SSSR count). The number of hydrogen-bond donors (Lipinski definition) is 0. The lowest BCUT2D eigenvalue weighted by Gasteiger charge is -2.28. The van der Waals surface area contributed by atoms with E-state index in [1.807, 2.05) is 18.3 Å². The van der Waals surface area contributed by atoms with Gasteiger partial charge < -0.3 is 0 Å². The minimum atomic E-state index is -0.397. The average Bonchev–Trinajstić information content (AvgIpc) is 2.64. The molecular weight excluding hydrogens is 305 g/mol. The Labute approximate surface area is 139 Å². The van der Waals surface area contributed by atoms with Crippen molar-refractivity contribution in [2.75, 3.05) is 6.54 Å². The van der Waals surface area contributed by atoms with E-state index in [2.05, 4.69) is 24.8 Å². The number of fused-ring (bicyclic) bond motifs is 1. The van der Waals surface area contributed by atoms with Gasteiger partial charge in [-0.25, -0.2) is 15.0 Å². The summed E-state index contributed by atoms with van der Waals surface area (Å²) in [5, 5.41) is 0.